The van der Waals surface area contributed by atoms with Crippen molar-refractivity contribution in [1.82, 2.24) is 0 Å². The molecule has 20 heavy (non-hydrogen) atoms. The molecule has 2 nitrogen and oxygen atoms in total. The molecule has 0 aromatic rings. The molecule has 0 bridgehead atoms. The number of allylic oxidation sites excluding steroid dienone is 2. The summed E-state index contributed by atoms with van der Waals surface area (Å²) >= 11 is 0. The molecule has 110 valence electrons. The summed E-state index contributed by atoms with van der Waals surface area (Å²) in [4.78, 5) is 11.7. The van der Waals surface area contributed by atoms with Crippen molar-refractivity contribution in [3.8, 4) is 0 Å². The molecular formula is C18H26O2. The second kappa shape index (κ2) is 4.43. The van der Waals surface area contributed by atoms with E-state index in [9.17, 15) is 9.90 Å². The molecule has 1 N–H and O–H groups in total. The van der Waals surface area contributed by atoms with Crippen LogP contribution in [0.25, 0.3) is 0 Å². The average Bonchev–Trinajstić information content (AvgIpc) is 2.74. The molecular weight excluding hydrogens is 248 g/mol. The fourth-order valence-corrected chi connectivity index (χ4v) is 6.02. The first-order chi connectivity index (χ1) is 9.59. The van der Waals surface area contributed by atoms with Crippen LogP contribution in [0.3, 0.4) is 0 Å². The third-order valence-electron chi connectivity index (χ3n) is 7.15. The molecule has 5 atom stereocenters. The average molecular weight is 274 g/mol. The van der Waals surface area contributed by atoms with Gasteiger partial charge in [-0.25, -0.2) is 0 Å². The van der Waals surface area contributed by atoms with Crippen LogP contribution in [0.1, 0.15) is 64.7 Å². The Labute approximate surface area is 121 Å². The van der Waals surface area contributed by atoms with Gasteiger partial charge in [-0.1, -0.05) is 18.1 Å². The molecule has 4 aliphatic carbocycles. The van der Waals surface area contributed by atoms with Crippen molar-refractivity contribution in [3.05, 3.63) is 11.1 Å². The number of hydrogen-bond acceptors (Lipinski definition) is 2. The van der Waals surface area contributed by atoms with Crippen molar-refractivity contribution in [2.24, 2.45) is 23.2 Å². The topological polar surface area (TPSA) is 37.3 Å². The Hall–Kier alpha value is -0.630. The van der Waals surface area contributed by atoms with Gasteiger partial charge in [-0.15, -0.1) is 0 Å². The maximum Gasteiger partial charge on any atom is 0.137 e. The van der Waals surface area contributed by atoms with Gasteiger partial charge >= 0.3 is 0 Å². The summed E-state index contributed by atoms with van der Waals surface area (Å²) in [6.45, 7) is 2.33. The number of hydrogen-bond donors (Lipinski definition) is 1. The molecule has 0 spiro atoms. The number of carbonyl (C=O) groups is 1. The summed E-state index contributed by atoms with van der Waals surface area (Å²) in [5.74, 6) is 2.72. The van der Waals surface area contributed by atoms with Gasteiger partial charge in [-0.3, -0.25) is 4.79 Å². The van der Waals surface area contributed by atoms with Crippen LogP contribution in [0.2, 0.25) is 0 Å². The van der Waals surface area contributed by atoms with Crippen LogP contribution in [0, 0.1) is 23.2 Å². The monoisotopic (exact) mass is 274 g/mol. The Morgan fingerprint density at radius 2 is 1.95 bits per heavy atom. The van der Waals surface area contributed by atoms with E-state index in [0.717, 1.165) is 49.9 Å². The van der Waals surface area contributed by atoms with Crippen LogP contribution in [-0.2, 0) is 4.79 Å². The van der Waals surface area contributed by atoms with E-state index in [-0.39, 0.29) is 11.5 Å². The Bertz CT molecular complexity index is 478. The number of Topliss-reactive ketones (excluding diaryl/α,β-unsaturated/α-hetero) is 1. The minimum Gasteiger partial charge on any atom is -0.393 e. The zero-order chi connectivity index (χ0) is 13.9. The zero-order valence-electron chi connectivity index (χ0n) is 12.5. The fourth-order valence-electron chi connectivity index (χ4n) is 6.02. The fraction of sp³-hybridized carbons (Fsp3) is 0.833. The van der Waals surface area contributed by atoms with E-state index in [2.05, 4.69) is 6.92 Å². The highest BCUT2D eigenvalue weighted by molar-refractivity contribution is 5.82. The van der Waals surface area contributed by atoms with Crippen LogP contribution in [0.4, 0.5) is 0 Å². The lowest BCUT2D eigenvalue weighted by molar-refractivity contribution is -0.119. The predicted octanol–water partition coefficient (Wildman–Crippen LogP) is 3.63. The molecule has 4 rings (SSSR count). The number of carbonyl (C=O) groups excluding carboxylic acids is 1. The minimum absolute atomic E-state index is 0.0724. The van der Waals surface area contributed by atoms with Gasteiger partial charge < -0.3 is 5.11 Å². The number of aliphatic hydroxyl groups is 1. The standard InChI is InChI=1S/C18H26O2/c1-18-9-8-14-13-5-3-12(19)10-11(13)2-4-15(14)16(18)6-7-17(18)20/h14-17,20H,2-10H2,1H3/t14-,15+,16-,17-,18-/m0/s1. The lowest BCUT2D eigenvalue weighted by Gasteiger charge is -2.51. The third-order valence-corrected chi connectivity index (χ3v) is 7.15. The predicted molar refractivity (Wildman–Crippen MR) is 78.2 cm³/mol. The van der Waals surface area contributed by atoms with E-state index >= 15 is 0 Å². The van der Waals surface area contributed by atoms with Gasteiger partial charge in [-0.2, -0.15) is 0 Å². The summed E-state index contributed by atoms with van der Waals surface area (Å²) in [7, 11) is 0. The summed E-state index contributed by atoms with van der Waals surface area (Å²) in [5, 5.41) is 10.4. The molecule has 0 heterocycles. The molecule has 0 aromatic heterocycles. The highest BCUT2D eigenvalue weighted by atomic mass is 16.3. The lowest BCUT2D eigenvalue weighted by atomic mass is 9.54. The van der Waals surface area contributed by atoms with Crippen LogP contribution in [0.15, 0.2) is 11.1 Å². The van der Waals surface area contributed by atoms with Crippen LogP contribution in [-0.4, -0.2) is 17.0 Å². The van der Waals surface area contributed by atoms with E-state index in [4.69, 9.17) is 0 Å². The first kappa shape index (κ1) is 13.1. The smallest absolute Gasteiger partial charge is 0.137 e. The summed E-state index contributed by atoms with van der Waals surface area (Å²) in [6.07, 6.45) is 9.60. The van der Waals surface area contributed by atoms with E-state index in [1.165, 1.54) is 31.3 Å². The minimum atomic E-state index is -0.0724. The van der Waals surface area contributed by atoms with Crippen LogP contribution >= 0.6 is 0 Å². The maximum absolute atomic E-state index is 11.7. The first-order valence-electron chi connectivity index (χ1n) is 8.50. The zero-order valence-corrected chi connectivity index (χ0v) is 12.5. The van der Waals surface area contributed by atoms with Crippen LogP contribution < -0.4 is 0 Å². The quantitative estimate of drug-likeness (QED) is 0.685. The van der Waals surface area contributed by atoms with Gasteiger partial charge in [0.25, 0.3) is 0 Å². The Balaban J connectivity index is 1.65. The van der Waals surface area contributed by atoms with Crippen molar-refractivity contribution < 1.29 is 9.90 Å². The Morgan fingerprint density at radius 1 is 1.10 bits per heavy atom. The second-order valence-electron chi connectivity index (χ2n) is 7.90. The molecule has 0 radical (unpaired) electrons. The van der Waals surface area contributed by atoms with E-state index in [1.807, 2.05) is 0 Å². The molecule has 0 aromatic carbocycles. The van der Waals surface area contributed by atoms with Crippen molar-refractivity contribution >= 4 is 5.78 Å². The molecule has 0 amide bonds. The largest absolute Gasteiger partial charge is 0.393 e. The third kappa shape index (κ3) is 1.70. The maximum atomic E-state index is 11.7. The Kier molecular flexibility index (Phi) is 2.89. The highest BCUT2D eigenvalue weighted by Crippen LogP contribution is 2.60. The normalized spacial score (nSPS) is 47.8. The molecule has 0 aliphatic heterocycles. The van der Waals surface area contributed by atoms with Gasteiger partial charge in [0.15, 0.2) is 0 Å². The van der Waals surface area contributed by atoms with Crippen LogP contribution in [0.5, 0.6) is 0 Å². The first-order valence-corrected chi connectivity index (χ1v) is 8.50. The number of aliphatic hydroxyl groups excluding tert-OH is 1. The lowest BCUT2D eigenvalue weighted by Crippen LogP contribution is -2.45. The van der Waals surface area contributed by atoms with Crippen molar-refractivity contribution in [1.29, 1.82) is 0 Å². The Morgan fingerprint density at radius 3 is 2.80 bits per heavy atom. The summed E-state index contributed by atoms with van der Waals surface area (Å²) in [6, 6.07) is 0. The molecule has 2 fully saturated rings. The van der Waals surface area contributed by atoms with E-state index < -0.39 is 0 Å². The highest BCUT2D eigenvalue weighted by Gasteiger charge is 2.54. The van der Waals surface area contributed by atoms with Crippen molar-refractivity contribution in [2.75, 3.05) is 0 Å². The molecule has 4 aliphatic rings. The second-order valence-corrected chi connectivity index (χ2v) is 7.90. The molecule has 2 heteroatoms. The van der Waals surface area contributed by atoms with E-state index in [0.29, 0.717) is 5.78 Å². The van der Waals surface area contributed by atoms with Gasteiger partial charge in [0.1, 0.15) is 5.78 Å². The SMILES string of the molecule is C[C@]12CC[C@H]3C4=C(CC[C@H]3[C@@H]1CC[C@@H]2O)CC(=O)CC4. The van der Waals surface area contributed by atoms with Gasteiger partial charge in [0.2, 0.25) is 0 Å². The molecule has 0 saturated heterocycles. The van der Waals surface area contributed by atoms with Gasteiger partial charge in [-0.05, 0) is 68.1 Å². The molecule has 0 unspecified atom stereocenters. The molecule has 2 saturated carbocycles. The van der Waals surface area contributed by atoms with E-state index in [1.54, 1.807) is 5.57 Å². The number of fused-ring (bicyclic) bond motifs is 4. The summed E-state index contributed by atoms with van der Waals surface area (Å²) in [5.41, 5.74) is 3.36. The van der Waals surface area contributed by atoms with Crippen molar-refractivity contribution in [2.45, 2.75) is 70.8 Å². The van der Waals surface area contributed by atoms with Gasteiger partial charge in [0.05, 0.1) is 6.10 Å². The number of ketones is 1. The number of rotatable bonds is 0. The summed E-state index contributed by atoms with van der Waals surface area (Å²) < 4.78 is 0. The van der Waals surface area contributed by atoms with Gasteiger partial charge in [0, 0.05) is 12.8 Å². The van der Waals surface area contributed by atoms with Crippen molar-refractivity contribution in [3.63, 3.8) is 0 Å².